The second-order valence-corrected chi connectivity index (χ2v) is 6.46. The van der Waals surface area contributed by atoms with E-state index in [1.807, 2.05) is 45.0 Å². The third-order valence-corrected chi connectivity index (χ3v) is 3.33. The van der Waals surface area contributed by atoms with E-state index in [9.17, 15) is 4.79 Å². The van der Waals surface area contributed by atoms with Crippen LogP contribution in [0.1, 0.15) is 20.8 Å². The number of ether oxygens (including phenoxy) is 2. The molecule has 3 N–H and O–H groups in total. The molecule has 7 heteroatoms. The highest BCUT2D eigenvalue weighted by molar-refractivity contribution is 5.81. The first-order valence-corrected chi connectivity index (χ1v) is 8.36. The molecule has 1 aromatic rings. The van der Waals surface area contributed by atoms with Gasteiger partial charge in [-0.25, -0.2) is 0 Å². The zero-order valence-corrected chi connectivity index (χ0v) is 15.8. The van der Waals surface area contributed by atoms with Crippen LogP contribution in [-0.4, -0.2) is 52.3 Å². The first-order valence-electron chi connectivity index (χ1n) is 8.36. The molecule has 0 fully saturated rings. The van der Waals surface area contributed by atoms with Gasteiger partial charge in [0, 0.05) is 25.6 Å². The van der Waals surface area contributed by atoms with Gasteiger partial charge in [-0.1, -0.05) is 20.8 Å². The van der Waals surface area contributed by atoms with Gasteiger partial charge in [-0.2, -0.15) is 0 Å². The molecule has 140 valence electrons. The summed E-state index contributed by atoms with van der Waals surface area (Å²) in [4.78, 5) is 15.9. The number of hydrogen-bond acceptors (Lipinski definition) is 4. The highest BCUT2D eigenvalue weighted by Gasteiger charge is 2.20. The van der Waals surface area contributed by atoms with Gasteiger partial charge in [0.15, 0.2) is 5.96 Å². The molecule has 0 spiro atoms. The number of carbonyl (C=O) groups is 1. The zero-order chi connectivity index (χ0) is 18.7. The maximum Gasteiger partial charge on any atom is 0.225 e. The molecule has 7 nitrogen and oxygen atoms in total. The van der Waals surface area contributed by atoms with Crippen LogP contribution in [-0.2, 0) is 4.79 Å². The number of aliphatic imine (C=N–C) groups is 1. The molecular weight excluding hydrogens is 320 g/mol. The predicted molar refractivity (Wildman–Crippen MR) is 100 cm³/mol. The maximum absolute atomic E-state index is 11.8. The summed E-state index contributed by atoms with van der Waals surface area (Å²) in [6, 6.07) is 7.44. The van der Waals surface area contributed by atoms with Crippen molar-refractivity contribution >= 4 is 11.9 Å². The number of hydrogen-bond donors (Lipinski definition) is 3. The van der Waals surface area contributed by atoms with E-state index in [1.165, 1.54) is 0 Å². The third kappa shape index (κ3) is 8.28. The van der Waals surface area contributed by atoms with Crippen molar-refractivity contribution in [1.29, 1.82) is 0 Å². The molecule has 1 rings (SSSR count). The summed E-state index contributed by atoms with van der Waals surface area (Å²) >= 11 is 0. The van der Waals surface area contributed by atoms with E-state index in [4.69, 9.17) is 9.47 Å². The fourth-order valence-electron chi connectivity index (χ4n) is 1.85. The summed E-state index contributed by atoms with van der Waals surface area (Å²) in [6.45, 7) is 7.92. The Morgan fingerprint density at radius 2 is 1.56 bits per heavy atom. The Kier molecular flexibility index (Phi) is 8.60. The minimum Gasteiger partial charge on any atom is -0.497 e. The number of carbonyl (C=O) groups excluding carboxylic acids is 1. The number of methoxy groups -OCH3 is 1. The van der Waals surface area contributed by atoms with Crippen LogP contribution >= 0.6 is 0 Å². The Morgan fingerprint density at radius 3 is 2.12 bits per heavy atom. The average molecular weight is 350 g/mol. The minimum atomic E-state index is -0.376. The van der Waals surface area contributed by atoms with Crippen molar-refractivity contribution in [3.8, 4) is 11.5 Å². The lowest BCUT2D eigenvalue weighted by Gasteiger charge is -2.18. The average Bonchev–Trinajstić information content (AvgIpc) is 2.59. The number of benzene rings is 1. The van der Waals surface area contributed by atoms with E-state index in [0.717, 1.165) is 11.5 Å². The molecule has 0 aliphatic heterocycles. The van der Waals surface area contributed by atoms with Crippen LogP contribution in [0.15, 0.2) is 29.3 Å². The molecule has 0 radical (unpaired) electrons. The predicted octanol–water partition coefficient (Wildman–Crippen LogP) is 1.40. The largest absolute Gasteiger partial charge is 0.497 e. The monoisotopic (exact) mass is 350 g/mol. The van der Waals surface area contributed by atoms with Gasteiger partial charge in [0.25, 0.3) is 0 Å². The molecule has 0 bridgehead atoms. The van der Waals surface area contributed by atoms with Crippen molar-refractivity contribution < 1.29 is 14.3 Å². The quantitative estimate of drug-likeness (QED) is 0.375. The van der Waals surface area contributed by atoms with Gasteiger partial charge in [-0.15, -0.1) is 0 Å². The van der Waals surface area contributed by atoms with Crippen LogP contribution in [0.25, 0.3) is 0 Å². The summed E-state index contributed by atoms with van der Waals surface area (Å²) in [5.41, 5.74) is -0.376. The smallest absolute Gasteiger partial charge is 0.225 e. The van der Waals surface area contributed by atoms with E-state index < -0.39 is 0 Å². The van der Waals surface area contributed by atoms with Crippen LogP contribution in [0.4, 0.5) is 0 Å². The van der Waals surface area contributed by atoms with Crippen LogP contribution in [0.5, 0.6) is 11.5 Å². The fourth-order valence-corrected chi connectivity index (χ4v) is 1.85. The van der Waals surface area contributed by atoms with Gasteiger partial charge in [-0.3, -0.25) is 9.79 Å². The molecule has 0 saturated heterocycles. The summed E-state index contributed by atoms with van der Waals surface area (Å²) in [6.07, 6.45) is 0. The molecule has 1 amide bonds. The molecular formula is C18H30N4O3. The van der Waals surface area contributed by atoms with Gasteiger partial charge >= 0.3 is 0 Å². The second kappa shape index (κ2) is 10.4. The van der Waals surface area contributed by atoms with Gasteiger partial charge < -0.3 is 25.4 Å². The van der Waals surface area contributed by atoms with Crippen molar-refractivity contribution in [2.24, 2.45) is 10.4 Å². The standard InChI is InChI=1S/C18H30N4O3/c1-18(2,3)16(23)20-10-11-21-17(19-4)22-12-13-25-15-8-6-14(24-5)7-9-15/h6-9H,10-13H2,1-5H3,(H,20,23)(H2,19,21,22). The third-order valence-electron chi connectivity index (χ3n) is 3.33. The maximum atomic E-state index is 11.8. The van der Waals surface area contributed by atoms with Gasteiger partial charge in [0.05, 0.1) is 13.7 Å². The lowest BCUT2D eigenvalue weighted by molar-refractivity contribution is -0.128. The number of rotatable bonds is 8. The molecule has 0 aliphatic carbocycles. The van der Waals surface area contributed by atoms with E-state index in [2.05, 4.69) is 20.9 Å². The Morgan fingerprint density at radius 1 is 1.00 bits per heavy atom. The molecule has 0 atom stereocenters. The number of amides is 1. The zero-order valence-electron chi connectivity index (χ0n) is 15.8. The van der Waals surface area contributed by atoms with Crippen molar-refractivity contribution in [3.05, 3.63) is 24.3 Å². The van der Waals surface area contributed by atoms with E-state index >= 15 is 0 Å². The normalized spacial score (nSPS) is 11.6. The first kappa shape index (κ1) is 20.6. The lowest BCUT2D eigenvalue weighted by atomic mass is 9.96. The second-order valence-electron chi connectivity index (χ2n) is 6.46. The molecule has 0 aliphatic rings. The van der Waals surface area contributed by atoms with E-state index in [0.29, 0.717) is 32.2 Å². The Hall–Kier alpha value is -2.44. The summed E-state index contributed by atoms with van der Waals surface area (Å²) < 4.78 is 10.7. The Bertz CT molecular complexity index is 550. The van der Waals surface area contributed by atoms with Crippen LogP contribution in [0.3, 0.4) is 0 Å². The molecule has 1 aromatic carbocycles. The molecule has 0 saturated carbocycles. The topological polar surface area (TPSA) is 84.0 Å². The van der Waals surface area contributed by atoms with Crippen molar-refractivity contribution in [1.82, 2.24) is 16.0 Å². The highest BCUT2D eigenvalue weighted by Crippen LogP contribution is 2.16. The summed E-state index contributed by atoms with van der Waals surface area (Å²) in [5, 5.41) is 9.18. The minimum absolute atomic E-state index is 0.0325. The van der Waals surface area contributed by atoms with Crippen LogP contribution < -0.4 is 25.4 Å². The van der Waals surface area contributed by atoms with Crippen LogP contribution in [0.2, 0.25) is 0 Å². The molecule has 0 heterocycles. The highest BCUT2D eigenvalue weighted by atomic mass is 16.5. The number of nitrogens with zero attached hydrogens (tertiary/aromatic N) is 1. The van der Waals surface area contributed by atoms with Gasteiger partial charge in [0.1, 0.15) is 18.1 Å². The number of nitrogens with one attached hydrogen (secondary N) is 3. The van der Waals surface area contributed by atoms with Crippen molar-refractivity contribution in [2.45, 2.75) is 20.8 Å². The Balaban J connectivity index is 2.18. The van der Waals surface area contributed by atoms with E-state index in [1.54, 1.807) is 14.2 Å². The molecule has 25 heavy (non-hydrogen) atoms. The summed E-state index contributed by atoms with van der Waals surface area (Å²) in [5.74, 6) is 2.29. The molecule has 0 unspecified atom stereocenters. The number of guanidine groups is 1. The summed E-state index contributed by atoms with van der Waals surface area (Å²) in [7, 11) is 3.33. The van der Waals surface area contributed by atoms with Gasteiger partial charge in [-0.05, 0) is 24.3 Å². The lowest BCUT2D eigenvalue weighted by Crippen LogP contribution is -2.44. The van der Waals surface area contributed by atoms with Gasteiger partial charge in [0.2, 0.25) is 5.91 Å². The van der Waals surface area contributed by atoms with E-state index in [-0.39, 0.29) is 11.3 Å². The fraction of sp³-hybridized carbons (Fsp3) is 0.556. The Labute approximate surface area is 150 Å². The molecule has 0 aromatic heterocycles. The van der Waals surface area contributed by atoms with Crippen LogP contribution in [0, 0.1) is 5.41 Å². The SMILES string of the molecule is CN=C(NCCNC(=O)C(C)(C)C)NCCOc1ccc(OC)cc1. The van der Waals surface area contributed by atoms with Crippen molar-refractivity contribution in [2.75, 3.05) is 40.4 Å². The first-order chi connectivity index (χ1) is 11.9. The van der Waals surface area contributed by atoms with Crippen molar-refractivity contribution in [3.63, 3.8) is 0 Å².